The van der Waals surface area contributed by atoms with Gasteiger partial charge in [-0.3, -0.25) is 4.79 Å². The minimum Gasteiger partial charge on any atom is -0.489 e. The molecule has 2 rings (SSSR count). The second-order valence-corrected chi connectivity index (χ2v) is 3.78. The molecule has 0 atom stereocenters. The summed E-state index contributed by atoms with van der Waals surface area (Å²) in [5.41, 5.74) is 2.93. The highest BCUT2D eigenvalue weighted by Gasteiger charge is 2.18. The highest BCUT2D eigenvalue weighted by Crippen LogP contribution is 2.20. The number of hydrogen-bond donors (Lipinski definition) is 0. The van der Waals surface area contributed by atoms with Gasteiger partial charge in [-0.25, -0.2) is 0 Å². The Balaban J connectivity index is 2.37. The molecule has 0 aromatic heterocycles. The molecule has 1 aromatic rings. The van der Waals surface area contributed by atoms with Gasteiger partial charge >= 0.3 is 0 Å². The van der Waals surface area contributed by atoms with Crippen molar-refractivity contribution in [3.05, 3.63) is 46.7 Å². The Morgan fingerprint density at radius 2 is 2.13 bits per heavy atom. The molecule has 0 bridgehead atoms. The summed E-state index contributed by atoms with van der Waals surface area (Å²) in [5, 5.41) is 0. The zero-order chi connectivity index (χ0) is 10.8. The van der Waals surface area contributed by atoms with E-state index >= 15 is 0 Å². The summed E-state index contributed by atoms with van der Waals surface area (Å²) < 4.78 is 5.28. The third kappa shape index (κ3) is 1.80. The van der Waals surface area contributed by atoms with E-state index in [2.05, 4.69) is 0 Å². The number of hydrogen-bond acceptors (Lipinski definition) is 2. The van der Waals surface area contributed by atoms with Crippen LogP contribution in [0.25, 0.3) is 0 Å². The third-order valence-corrected chi connectivity index (χ3v) is 2.78. The highest BCUT2D eigenvalue weighted by atomic mass is 16.5. The molecule has 78 valence electrons. The molecular weight excluding hydrogens is 188 g/mol. The van der Waals surface area contributed by atoms with Crippen molar-refractivity contribution >= 4 is 5.78 Å². The van der Waals surface area contributed by atoms with Gasteiger partial charge in [-0.1, -0.05) is 18.2 Å². The molecule has 0 aliphatic carbocycles. The molecule has 2 heteroatoms. The number of carbonyl (C=O) groups is 1. The fourth-order valence-electron chi connectivity index (χ4n) is 1.71. The van der Waals surface area contributed by atoms with Gasteiger partial charge in [0, 0.05) is 12.0 Å². The Labute approximate surface area is 89.6 Å². The average Bonchev–Trinajstić information content (AvgIpc) is 2.74. The quantitative estimate of drug-likeness (QED) is 0.689. The molecular formula is C13H14O2. The van der Waals surface area contributed by atoms with Crippen molar-refractivity contribution in [2.45, 2.75) is 20.3 Å². The van der Waals surface area contributed by atoms with Crippen LogP contribution in [-0.4, -0.2) is 12.4 Å². The van der Waals surface area contributed by atoms with E-state index in [0.29, 0.717) is 12.4 Å². The predicted molar refractivity (Wildman–Crippen MR) is 58.9 cm³/mol. The molecule has 0 N–H and O–H groups in total. The van der Waals surface area contributed by atoms with Crippen LogP contribution in [0.1, 0.15) is 27.9 Å². The molecule has 0 unspecified atom stereocenters. The SMILES string of the molecule is Cc1cccc(C(=O)C2=CCCO2)c1C. The molecule has 0 saturated heterocycles. The second-order valence-electron chi connectivity index (χ2n) is 3.78. The molecule has 1 aliphatic rings. The van der Waals surface area contributed by atoms with Crippen LogP contribution < -0.4 is 0 Å². The minimum atomic E-state index is 0.00806. The lowest BCUT2D eigenvalue weighted by molar-refractivity contribution is 0.0941. The maximum atomic E-state index is 12.0. The molecule has 0 saturated carbocycles. The van der Waals surface area contributed by atoms with Crippen LogP contribution in [0.15, 0.2) is 30.0 Å². The fourth-order valence-corrected chi connectivity index (χ4v) is 1.71. The molecule has 0 radical (unpaired) electrons. The molecule has 1 aliphatic heterocycles. The molecule has 2 nitrogen and oxygen atoms in total. The van der Waals surface area contributed by atoms with E-state index in [1.807, 2.05) is 38.1 Å². The Morgan fingerprint density at radius 1 is 1.33 bits per heavy atom. The van der Waals surface area contributed by atoms with Crippen molar-refractivity contribution in [1.29, 1.82) is 0 Å². The van der Waals surface area contributed by atoms with Gasteiger partial charge in [-0.15, -0.1) is 0 Å². The van der Waals surface area contributed by atoms with Crippen molar-refractivity contribution in [3.8, 4) is 0 Å². The van der Waals surface area contributed by atoms with Gasteiger partial charge in [0.1, 0.15) is 0 Å². The number of allylic oxidation sites excluding steroid dienone is 1. The van der Waals surface area contributed by atoms with Gasteiger partial charge in [0.2, 0.25) is 5.78 Å². The van der Waals surface area contributed by atoms with Crippen LogP contribution in [-0.2, 0) is 4.74 Å². The predicted octanol–water partition coefficient (Wildman–Crippen LogP) is 2.79. The first-order chi connectivity index (χ1) is 7.20. The first-order valence-corrected chi connectivity index (χ1v) is 5.14. The number of Topliss-reactive ketones (excluding diaryl/α,β-unsaturated/α-hetero) is 1. The number of benzene rings is 1. The zero-order valence-corrected chi connectivity index (χ0v) is 9.04. The normalized spacial score (nSPS) is 14.7. The van der Waals surface area contributed by atoms with E-state index in [1.54, 1.807) is 0 Å². The van der Waals surface area contributed by atoms with E-state index in [1.165, 1.54) is 0 Å². The molecule has 0 spiro atoms. The minimum absolute atomic E-state index is 0.00806. The van der Waals surface area contributed by atoms with Crippen molar-refractivity contribution in [1.82, 2.24) is 0 Å². The smallest absolute Gasteiger partial charge is 0.227 e. The van der Waals surface area contributed by atoms with Gasteiger partial charge in [0.25, 0.3) is 0 Å². The van der Waals surface area contributed by atoms with Crippen LogP contribution in [0.3, 0.4) is 0 Å². The Bertz CT molecular complexity index is 430. The maximum absolute atomic E-state index is 12.0. The summed E-state index contributed by atoms with van der Waals surface area (Å²) in [4.78, 5) is 12.0. The molecule has 1 heterocycles. The monoisotopic (exact) mass is 202 g/mol. The molecule has 1 aromatic carbocycles. The summed E-state index contributed by atoms with van der Waals surface area (Å²) >= 11 is 0. The first kappa shape index (κ1) is 9.97. The molecule has 15 heavy (non-hydrogen) atoms. The second kappa shape index (κ2) is 3.89. The van der Waals surface area contributed by atoms with Gasteiger partial charge in [-0.05, 0) is 31.1 Å². The van der Waals surface area contributed by atoms with E-state index in [-0.39, 0.29) is 5.78 Å². The van der Waals surface area contributed by atoms with E-state index in [4.69, 9.17) is 4.74 Å². The molecule has 0 amide bonds. The number of ether oxygens (including phenoxy) is 1. The Hall–Kier alpha value is -1.57. The maximum Gasteiger partial charge on any atom is 0.227 e. The number of carbonyl (C=O) groups excluding carboxylic acids is 1. The summed E-state index contributed by atoms with van der Waals surface area (Å²) in [5.74, 6) is 0.511. The van der Waals surface area contributed by atoms with Crippen LogP contribution >= 0.6 is 0 Å². The first-order valence-electron chi connectivity index (χ1n) is 5.14. The van der Waals surface area contributed by atoms with Crippen LogP contribution in [0.5, 0.6) is 0 Å². The highest BCUT2D eigenvalue weighted by molar-refractivity contribution is 6.08. The number of rotatable bonds is 2. The molecule has 0 fully saturated rings. The van der Waals surface area contributed by atoms with Gasteiger partial charge in [0.05, 0.1) is 6.61 Å². The fraction of sp³-hybridized carbons (Fsp3) is 0.308. The summed E-state index contributed by atoms with van der Waals surface area (Å²) in [6, 6.07) is 5.77. The summed E-state index contributed by atoms with van der Waals surface area (Å²) in [6.45, 7) is 4.61. The van der Waals surface area contributed by atoms with Gasteiger partial charge < -0.3 is 4.74 Å². The number of aryl methyl sites for hydroxylation is 1. The average molecular weight is 202 g/mol. The summed E-state index contributed by atoms with van der Waals surface area (Å²) in [7, 11) is 0. The lowest BCUT2D eigenvalue weighted by atomic mass is 9.99. The van der Waals surface area contributed by atoms with Crippen molar-refractivity contribution in [3.63, 3.8) is 0 Å². The Morgan fingerprint density at radius 3 is 2.80 bits per heavy atom. The lowest BCUT2D eigenvalue weighted by Crippen LogP contribution is -2.06. The van der Waals surface area contributed by atoms with E-state index in [9.17, 15) is 4.79 Å². The van der Waals surface area contributed by atoms with Crippen molar-refractivity contribution < 1.29 is 9.53 Å². The number of ketones is 1. The lowest BCUT2D eigenvalue weighted by Gasteiger charge is -2.08. The van der Waals surface area contributed by atoms with Crippen molar-refractivity contribution in [2.24, 2.45) is 0 Å². The van der Waals surface area contributed by atoms with Crippen LogP contribution in [0.2, 0.25) is 0 Å². The van der Waals surface area contributed by atoms with Gasteiger partial charge in [0.15, 0.2) is 5.76 Å². The zero-order valence-electron chi connectivity index (χ0n) is 9.04. The third-order valence-electron chi connectivity index (χ3n) is 2.78. The van der Waals surface area contributed by atoms with Crippen LogP contribution in [0, 0.1) is 13.8 Å². The van der Waals surface area contributed by atoms with Crippen molar-refractivity contribution in [2.75, 3.05) is 6.61 Å². The summed E-state index contributed by atoms with van der Waals surface area (Å²) in [6.07, 6.45) is 2.70. The topological polar surface area (TPSA) is 26.3 Å². The van der Waals surface area contributed by atoms with E-state index in [0.717, 1.165) is 23.1 Å². The van der Waals surface area contributed by atoms with E-state index < -0.39 is 0 Å². The largest absolute Gasteiger partial charge is 0.489 e. The standard InChI is InChI=1S/C13H14O2/c1-9-5-3-6-11(10(9)2)13(14)12-7-4-8-15-12/h3,5-7H,4,8H2,1-2H3. The van der Waals surface area contributed by atoms with Gasteiger partial charge in [-0.2, -0.15) is 0 Å². The van der Waals surface area contributed by atoms with Crippen LogP contribution in [0.4, 0.5) is 0 Å². The Kier molecular flexibility index (Phi) is 2.58.